The van der Waals surface area contributed by atoms with E-state index in [2.05, 4.69) is 51.3 Å². The molecule has 2 unspecified atom stereocenters. The van der Waals surface area contributed by atoms with E-state index in [-0.39, 0.29) is 0 Å². The van der Waals surface area contributed by atoms with Gasteiger partial charge >= 0.3 is 0 Å². The molecule has 0 amide bonds. The lowest BCUT2D eigenvalue weighted by molar-refractivity contribution is 0.0982. The van der Waals surface area contributed by atoms with Crippen LogP contribution in [-0.4, -0.2) is 6.04 Å². The molecule has 0 aromatic heterocycles. The van der Waals surface area contributed by atoms with Gasteiger partial charge in [-0.05, 0) is 50.0 Å². The van der Waals surface area contributed by atoms with Gasteiger partial charge in [-0.1, -0.05) is 56.0 Å². The number of hydrogen-bond donors (Lipinski definition) is 2. The minimum Gasteiger partial charge on any atom is -0.271 e. The largest absolute Gasteiger partial charge is 0.271 e. The van der Waals surface area contributed by atoms with Crippen molar-refractivity contribution in [3.05, 3.63) is 34.9 Å². The second-order valence-corrected chi connectivity index (χ2v) is 7.31. The van der Waals surface area contributed by atoms with E-state index in [1.165, 1.54) is 42.4 Å². The number of aryl methyl sites for hydroxylation is 2. The highest BCUT2D eigenvalue weighted by Gasteiger charge is 2.37. The Morgan fingerprint density at radius 3 is 2.40 bits per heavy atom. The predicted molar refractivity (Wildman–Crippen MR) is 86.5 cm³/mol. The maximum Gasteiger partial charge on any atom is 0.0284 e. The molecule has 1 aromatic rings. The van der Waals surface area contributed by atoms with Gasteiger partial charge < -0.3 is 0 Å². The maximum absolute atomic E-state index is 5.90. The third-order valence-electron chi connectivity index (χ3n) is 5.03. The van der Waals surface area contributed by atoms with Crippen LogP contribution in [0.25, 0.3) is 0 Å². The van der Waals surface area contributed by atoms with Gasteiger partial charge in [-0.15, -0.1) is 0 Å². The third-order valence-corrected chi connectivity index (χ3v) is 5.03. The predicted octanol–water partition coefficient (Wildman–Crippen LogP) is 3.89. The highest BCUT2D eigenvalue weighted by Crippen LogP contribution is 2.42. The van der Waals surface area contributed by atoms with Crippen molar-refractivity contribution < 1.29 is 0 Å². The molecule has 0 spiro atoms. The van der Waals surface area contributed by atoms with Crippen molar-refractivity contribution in [3.63, 3.8) is 0 Å². The molecule has 1 saturated carbocycles. The Labute approximate surface area is 124 Å². The molecule has 0 radical (unpaired) electrons. The second-order valence-electron chi connectivity index (χ2n) is 7.31. The number of nitrogens with one attached hydrogen (secondary N) is 1. The number of hydrogen-bond acceptors (Lipinski definition) is 2. The molecule has 1 aliphatic carbocycles. The Balaban J connectivity index is 2.15. The van der Waals surface area contributed by atoms with Crippen molar-refractivity contribution >= 4 is 0 Å². The van der Waals surface area contributed by atoms with E-state index in [1.54, 1.807) is 0 Å². The molecule has 2 atom stereocenters. The van der Waals surface area contributed by atoms with Gasteiger partial charge in [-0.2, -0.15) is 0 Å². The summed E-state index contributed by atoms with van der Waals surface area (Å²) >= 11 is 0. The molecule has 2 rings (SSSR count). The Kier molecular flexibility index (Phi) is 4.87. The van der Waals surface area contributed by atoms with Crippen molar-refractivity contribution in [2.75, 3.05) is 0 Å². The molecule has 0 heterocycles. The van der Waals surface area contributed by atoms with Crippen LogP contribution in [0.5, 0.6) is 0 Å². The SMILES string of the molecule is Cc1cc(C)cc(CC(NN)C2CCCCC2(C)C)c1. The number of hydrazine groups is 1. The van der Waals surface area contributed by atoms with Crippen LogP contribution in [0.4, 0.5) is 0 Å². The Hall–Kier alpha value is -0.860. The monoisotopic (exact) mass is 274 g/mol. The molecule has 3 N–H and O–H groups in total. The molecule has 0 aliphatic heterocycles. The van der Waals surface area contributed by atoms with Crippen molar-refractivity contribution in [3.8, 4) is 0 Å². The van der Waals surface area contributed by atoms with Crippen LogP contribution >= 0.6 is 0 Å². The summed E-state index contributed by atoms with van der Waals surface area (Å²) < 4.78 is 0. The van der Waals surface area contributed by atoms with Crippen LogP contribution < -0.4 is 11.3 Å². The minimum absolute atomic E-state index is 0.381. The van der Waals surface area contributed by atoms with Gasteiger partial charge in [0, 0.05) is 6.04 Å². The summed E-state index contributed by atoms with van der Waals surface area (Å²) in [6.07, 6.45) is 6.37. The van der Waals surface area contributed by atoms with Crippen LogP contribution in [0.2, 0.25) is 0 Å². The topological polar surface area (TPSA) is 38.0 Å². The van der Waals surface area contributed by atoms with E-state index in [0.29, 0.717) is 17.4 Å². The molecule has 20 heavy (non-hydrogen) atoms. The molecule has 1 aromatic carbocycles. The van der Waals surface area contributed by atoms with Crippen LogP contribution in [0.1, 0.15) is 56.2 Å². The first-order chi connectivity index (χ1) is 9.42. The lowest BCUT2D eigenvalue weighted by atomic mass is 9.65. The van der Waals surface area contributed by atoms with Gasteiger partial charge in [0.15, 0.2) is 0 Å². The maximum atomic E-state index is 5.90. The number of benzene rings is 1. The average molecular weight is 274 g/mol. The van der Waals surface area contributed by atoms with Crippen LogP contribution in [0.15, 0.2) is 18.2 Å². The zero-order valence-corrected chi connectivity index (χ0v) is 13.5. The summed E-state index contributed by atoms with van der Waals surface area (Å²) in [6.45, 7) is 9.16. The van der Waals surface area contributed by atoms with Gasteiger partial charge in [0.05, 0.1) is 0 Å². The molecular formula is C18H30N2. The average Bonchev–Trinajstić information content (AvgIpc) is 2.35. The normalized spacial score (nSPS) is 23.6. The summed E-state index contributed by atoms with van der Waals surface area (Å²) in [5.41, 5.74) is 7.61. The molecule has 0 saturated heterocycles. The molecule has 112 valence electrons. The Morgan fingerprint density at radius 2 is 1.85 bits per heavy atom. The van der Waals surface area contributed by atoms with Crippen molar-refractivity contribution in [1.29, 1.82) is 0 Å². The first-order valence-corrected chi connectivity index (χ1v) is 7.96. The van der Waals surface area contributed by atoms with Gasteiger partial charge in [-0.3, -0.25) is 11.3 Å². The zero-order chi connectivity index (χ0) is 14.8. The Morgan fingerprint density at radius 1 is 1.20 bits per heavy atom. The highest BCUT2D eigenvalue weighted by molar-refractivity contribution is 5.29. The second kappa shape index (κ2) is 6.28. The van der Waals surface area contributed by atoms with E-state index >= 15 is 0 Å². The first-order valence-electron chi connectivity index (χ1n) is 7.96. The molecular weight excluding hydrogens is 244 g/mol. The van der Waals surface area contributed by atoms with Crippen molar-refractivity contribution in [2.24, 2.45) is 17.2 Å². The lowest BCUT2D eigenvalue weighted by Crippen LogP contribution is -2.48. The molecule has 2 nitrogen and oxygen atoms in total. The van der Waals surface area contributed by atoms with Crippen molar-refractivity contribution in [1.82, 2.24) is 5.43 Å². The summed E-state index contributed by atoms with van der Waals surface area (Å²) in [5.74, 6) is 6.57. The number of rotatable bonds is 4. The van der Waals surface area contributed by atoms with E-state index in [0.717, 1.165) is 6.42 Å². The van der Waals surface area contributed by atoms with E-state index < -0.39 is 0 Å². The van der Waals surface area contributed by atoms with Gasteiger partial charge in [-0.25, -0.2) is 0 Å². The van der Waals surface area contributed by atoms with Crippen LogP contribution in [-0.2, 0) is 6.42 Å². The summed E-state index contributed by atoms with van der Waals surface area (Å²) in [7, 11) is 0. The van der Waals surface area contributed by atoms with Gasteiger partial charge in [0.2, 0.25) is 0 Å². The van der Waals surface area contributed by atoms with E-state index in [9.17, 15) is 0 Å². The summed E-state index contributed by atoms with van der Waals surface area (Å²) in [6, 6.07) is 7.21. The van der Waals surface area contributed by atoms with Crippen molar-refractivity contribution in [2.45, 2.75) is 65.8 Å². The fourth-order valence-electron chi connectivity index (χ4n) is 4.02. The molecule has 1 aliphatic rings. The highest BCUT2D eigenvalue weighted by atomic mass is 15.2. The standard InChI is InChI=1S/C18H30N2/c1-13-9-14(2)11-15(10-13)12-17(20-19)16-7-5-6-8-18(16,3)4/h9-11,16-17,20H,5-8,12,19H2,1-4H3. The fraction of sp³-hybridized carbons (Fsp3) is 0.667. The van der Waals surface area contributed by atoms with Crippen LogP contribution in [0, 0.1) is 25.2 Å². The summed E-state index contributed by atoms with van der Waals surface area (Å²) in [5, 5.41) is 0. The molecule has 0 bridgehead atoms. The third kappa shape index (κ3) is 3.62. The lowest BCUT2D eigenvalue weighted by Gasteiger charge is -2.43. The van der Waals surface area contributed by atoms with Crippen LogP contribution in [0.3, 0.4) is 0 Å². The molecule has 1 fully saturated rings. The van der Waals surface area contributed by atoms with Gasteiger partial charge in [0.1, 0.15) is 0 Å². The smallest absolute Gasteiger partial charge is 0.0284 e. The fourth-order valence-corrected chi connectivity index (χ4v) is 4.02. The van der Waals surface area contributed by atoms with Gasteiger partial charge in [0.25, 0.3) is 0 Å². The summed E-state index contributed by atoms with van der Waals surface area (Å²) in [4.78, 5) is 0. The molecule has 2 heteroatoms. The first kappa shape index (κ1) is 15.5. The quantitative estimate of drug-likeness (QED) is 0.645. The van der Waals surface area contributed by atoms with E-state index in [1.807, 2.05) is 0 Å². The minimum atomic E-state index is 0.381. The Bertz CT molecular complexity index is 430. The van der Waals surface area contributed by atoms with E-state index in [4.69, 9.17) is 5.84 Å². The zero-order valence-electron chi connectivity index (χ0n) is 13.5. The number of nitrogens with two attached hydrogens (primary N) is 1.